The van der Waals surface area contributed by atoms with Crippen molar-refractivity contribution >= 4 is 11.7 Å². The molecule has 1 amide bonds. The first-order valence-corrected chi connectivity index (χ1v) is 5.78. The van der Waals surface area contributed by atoms with Gasteiger partial charge in [0, 0.05) is 24.3 Å². The lowest BCUT2D eigenvalue weighted by Crippen LogP contribution is -2.48. The molecule has 7 nitrogen and oxygen atoms in total. The molecule has 0 saturated carbocycles. The minimum atomic E-state index is -0.168. The van der Waals surface area contributed by atoms with E-state index in [0.29, 0.717) is 37.7 Å². The highest BCUT2D eigenvalue weighted by atomic mass is 16.5. The Hall–Kier alpha value is -1.70. The molecule has 2 heterocycles. The number of hydrogen-bond acceptors (Lipinski definition) is 6. The summed E-state index contributed by atoms with van der Waals surface area (Å²) in [5.74, 6) is 5.61. The molecule has 0 aliphatic carbocycles. The number of anilines is 1. The molecular weight excluding hydrogens is 234 g/mol. The van der Waals surface area contributed by atoms with Gasteiger partial charge in [-0.05, 0) is 19.1 Å². The van der Waals surface area contributed by atoms with Crippen LogP contribution >= 0.6 is 0 Å². The van der Waals surface area contributed by atoms with Crippen molar-refractivity contribution in [3.05, 3.63) is 23.4 Å². The van der Waals surface area contributed by atoms with Crippen LogP contribution in [0.2, 0.25) is 0 Å². The molecule has 1 saturated heterocycles. The third-order valence-electron chi connectivity index (χ3n) is 2.63. The number of nitrogens with zero attached hydrogens (tertiary/aromatic N) is 2. The van der Waals surface area contributed by atoms with Crippen LogP contribution in [0.25, 0.3) is 0 Å². The van der Waals surface area contributed by atoms with Gasteiger partial charge in [0.2, 0.25) is 0 Å². The summed E-state index contributed by atoms with van der Waals surface area (Å²) in [6, 6.07) is 3.33. The zero-order chi connectivity index (χ0) is 13.0. The summed E-state index contributed by atoms with van der Waals surface area (Å²) in [6.07, 6.45) is 0. The maximum absolute atomic E-state index is 12.0. The van der Waals surface area contributed by atoms with Crippen LogP contribution in [-0.2, 0) is 4.74 Å². The van der Waals surface area contributed by atoms with E-state index in [1.807, 2.05) is 11.9 Å². The Bertz CT molecular complexity index is 431. The second kappa shape index (κ2) is 5.76. The normalized spacial score (nSPS) is 16.3. The van der Waals surface area contributed by atoms with Gasteiger partial charge in [0.25, 0.3) is 5.91 Å². The largest absolute Gasteiger partial charge is 0.379 e. The van der Waals surface area contributed by atoms with Gasteiger partial charge in [-0.3, -0.25) is 10.2 Å². The van der Waals surface area contributed by atoms with Crippen molar-refractivity contribution in [2.24, 2.45) is 5.84 Å². The fourth-order valence-corrected chi connectivity index (χ4v) is 1.76. The van der Waals surface area contributed by atoms with Gasteiger partial charge in [0.1, 0.15) is 5.82 Å². The fourth-order valence-electron chi connectivity index (χ4n) is 1.76. The number of amides is 1. The van der Waals surface area contributed by atoms with Crippen LogP contribution in [0.5, 0.6) is 0 Å². The van der Waals surface area contributed by atoms with E-state index in [4.69, 9.17) is 10.6 Å². The number of nitrogens with two attached hydrogens (primary N) is 1. The van der Waals surface area contributed by atoms with Crippen LogP contribution < -0.4 is 16.7 Å². The summed E-state index contributed by atoms with van der Waals surface area (Å²) < 4.78 is 5.21. The quantitative estimate of drug-likeness (QED) is 0.502. The lowest BCUT2D eigenvalue weighted by atomic mass is 10.2. The topological polar surface area (TPSA) is 92.5 Å². The lowest BCUT2D eigenvalue weighted by molar-refractivity contribution is 0.0126. The second-order valence-corrected chi connectivity index (χ2v) is 4.07. The van der Waals surface area contributed by atoms with Crippen LogP contribution in [-0.4, -0.2) is 42.2 Å². The van der Waals surface area contributed by atoms with Crippen molar-refractivity contribution in [2.75, 3.05) is 31.7 Å². The molecule has 4 N–H and O–H groups in total. The van der Waals surface area contributed by atoms with E-state index in [-0.39, 0.29) is 5.91 Å². The van der Waals surface area contributed by atoms with Crippen LogP contribution in [0.4, 0.5) is 5.82 Å². The molecule has 0 atom stereocenters. The summed E-state index contributed by atoms with van der Waals surface area (Å²) >= 11 is 0. The van der Waals surface area contributed by atoms with Gasteiger partial charge in [0.15, 0.2) is 0 Å². The van der Waals surface area contributed by atoms with Crippen molar-refractivity contribution in [1.29, 1.82) is 0 Å². The van der Waals surface area contributed by atoms with Crippen LogP contribution in [0.3, 0.4) is 0 Å². The molecule has 0 aromatic carbocycles. The Morgan fingerprint density at radius 2 is 2.17 bits per heavy atom. The zero-order valence-corrected chi connectivity index (χ0v) is 10.3. The van der Waals surface area contributed by atoms with Gasteiger partial charge in [-0.25, -0.2) is 15.8 Å². The average Bonchev–Trinajstić information content (AvgIpc) is 2.39. The van der Waals surface area contributed by atoms with Crippen molar-refractivity contribution in [2.45, 2.75) is 6.92 Å². The fraction of sp³-hybridized carbons (Fsp3) is 0.455. The Morgan fingerprint density at radius 3 is 2.83 bits per heavy atom. The van der Waals surface area contributed by atoms with E-state index in [2.05, 4.69) is 15.8 Å². The highest BCUT2D eigenvalue weighted by molar-refractivity contribution is 5.94. The number of rotatable bonds is 3. The van der Waals surface area contributed by atoms with Crippen molar-refractivity contribution in [3.8, 4) is 0 Å². The van der Waals surface area contributed by atoms with Gasteiger partial charge in [-0.15, -0.1) is 0 Å². The molecule has 1 fully saturated rings. The van der Waals surface area contributed by atoms with E-state index in [1.54, 1.807) is 12.1 Å². The molecule has 18 heavy (non-hydrogen) atoms. The number of hydrazine groups is 2. The highest BCUT2D eigenvalue weighted by Crippen LogP contribution is 2.09. The Labute approximate surface area is 105 Å². The average molecular weight is 251 g/mol. The molecule has 0 radical (unpaired) electrons. The minimum absolute atomic E-state index is 0.168. The van der Waals surface area contributed by atoms with Gasteiger partial charge >= 0.3 is 0 Å². The Balaban J connectivity index is 2.05. The molecule has 1 aliphatic heterocycles. The standard InChI is InChI=1S/C11H17N5O2/c1-8-6-9(7-10(13-8)14-12)11(17)15-16-2-4-18-5-3-16/h6-7H,2-5,12H2,1H3,(H,13,14)(H,15,17). The van der Waals surface area contributed by atoms with Crippen molar-refractivity contribution in [1.82, 2.24) is 15.4 Å². The maximum Gasteiger partial charge on any atom is 0.265 e. The number of carbonyl (C=O) groups excluding carboxylic acids is 1. The predicted octanol–water partition coefficient (Wildman–Crippen LogP) is -0.347. The van der Waals surface area contributed by atoms with Gasteiger partial charge in [0.05, 0.1) is 13.2 Å². The molecule has 1 aromatic heterocycles. The van der Waals surface area contributed by atoms with E-state index in [1.165, 1.54) is 0 Å². The maximum atomic E-state index is 12.0. The van der Waals surface area contributed by atoms with Crippen molar-refractivity contribution < 1.29 is 9.53 Å². The third kappa shape index (κ3) is 3.16. The number of nitrogens with one attached hydrogen (secondary N) is 2. The zero-order valence-electron chi connectivity index (χ0n) is 10.3. The van der Waals surface area contributed by atoms with E-state index in [9.17, 15) is 4.79 Å². The predicted molar refractivity (Wildman–Crippen MR) is 66.6 cm³/mol. The number of aryl methyl sites for hydroxylation is 1. The van der Waals surface area contributed by atoms with Gasteiger partial charge < -0.3 is 10.2 Å². The molecular formula is C11H17N5O2. The first kappa shape index (κ1) is 12.7. The molecule has 7 heteroatoms. The molecule has 0 unspecified atom stereocenters. The summed E-state index contributed by atoms with van der Waals surface area (Å²) in [5.41, 5.74) is 6.54. The van der Waals surface area contributed by atoms with Crippen LogP contribution in [0.15, 0.2) is 12.1 Å². The molecule has 1 aliphatic rings. The number of hydrogen-bond donors (Lipinski definition) is 3. The van der Waals surface area contributed by atoms with Gasteiger partial charge in [-0.2, -0.15) is 0 Å². The number of carbonyl (C=O) groups is 1. The van der Waals surface area contributed by atoms with E-state index in [0.717, 1.165) is 5.69 Å². The summed E-state index contributed by atoms with van der Waals surface area (Å²) in [6.45, 7) is 4.46. The van der Waals surface area contributed by atoms with Crippen LogP contribution in [0, 0.1) is 6.92 Å². The first-order valence-electron chi connectivity index (χ1n) is 5.78. The lowest BCUT2D eigenvalue weighted by Gasteiger charge is -2.27. The second-order valence-electron chi connectivity index (χ2n) is 4.07. The number of nitrogen functional groups attached to an aromatic ring is 1. The molecule has 0 spiro atoms. The summed E-state index contributed by atoms with van der Waals surface area (Å²) in [4.78, 5) is 16.2. The summed E-state index contributed by atoms with van der Waals surface area (Å²) in [5, 5.41) is 1.84. The number of aromatic nitrogens is 1. The number of pyridine rings is 1. The number of morpholine rings is 1. The third-order valence-corrected chi connectivity index (χ3v) is 2.63. The molecule has 0 bridgehead atoms. The Morgan fingerprint density at radius 1 is 1.44 bits per heavy atom. The van der Waals surface area contributed by atoms with E-state index < -0.39 is 0 Å². The minimum Gasteiger partial charge on any atom is -0.379 e. The van der Waals surface area contributed by atoms with Crippen molar-refractivity contribution in [3.63, 3.8) is 0 Å². The highest BCUT2D eigenvalue weighted by Gasteiger charge is 2.15. The van der Waals surface area contributed by atoms with Crippen LogP contribution in [0.1, 0.15) is 16.1 Å². The smallest absolute Gasteiger partial charge is 0.265 e. The molecule has 2 rings (SSSR count). The van der Waals surface area contributed by atoms with E-state index >= 15 is 0 Å². The number of ether oxygens (including phenoxy) is 1. The SMILES string of the molecule is Cc1cc(C(=O)NN2CCOCC2)cc(NN)n1. The summed E-state index contributed by atoms with van der Waals surface area (Å²) in [7, 11) is 0. The molecule has 1 aromatic rings. The Kier molecular flexibility index (Phi) is 4.08. The van der Waals surface area contributed by atoms with Gasteiger partial charge in [-0.1, -0.05) is 0 Å². The molecule has 98 valence electrons. The monoisotopic (exact) mass is 251 g/mol. The first-order chi connectivity index (χ1) is 8.69.